The van der Waals surface area contributed by atoms with E-state index < -0.39 is 0 Å². The lowest BCUT2D eigenvalue weighted by Crippen LogP contribution is -2.46. The number of piperazine rings is 1. The second-order valence-electron chi connectivity index (χ2n) is 6.28. The number of nitrogens with one attached hydrogen (secondary N) is 1. The van der Waals surface area contributed by atoms with E-state index in [1.807, 2.05) is 18.2 Å². The van der Waals surface area contributed by atoms with Crippen molar-refractivity contribution < 1.29 is 13.6 Å². The van der Waals surface area contributed by atoms with Gasteiger partial charge in [-0.05, 0) is 48.5 Å². The molecule has 1 aromatic carbocycles. The molecule has 3 aromatic rings. The summed E-state index contributed by atoms with van der Waals surface area (Å²) in [5.74, 6) is 0.179. The average molecular weight is 366 g/mol. The summed E-state index contributed by atoms with van der Waals surface area (Å²) >= 11 is 0. The molecule has 0 saturated carbocycles. The van der Waals surface area contributed by atoms with Gasteiger partial charge in [-0.3, -0.25) is 4.79 Å². The second-order valence-corrected chi connectivity index (χ2v) is 6.28. The molecular weight excluding hydrogens is 347 g/mol. The number of rotatable bonds is 4. The Morgan fingerprint density at radius 2 is 1.63 bits per heavy atom. The quantitative estimate of drug-likeness (QED) is 0.767. The van der Waals surface area contributed by atoms with Crippen LogP contribution in [-0.2, 0) is 0 Å². The highest BCUT2D eigenvalue weighted by atomic mass is 19.1. The molecule has 1 amide bonds. The van der Waals surface area contributed by atoms with Crippen molar-refractivity contribution in [3.05, 3.63) is 72.6 Å². The SMILES string of the molecule is O=C(Nc1ccc(N2CCN(c3ccc(F)cc3)CC2)cn1)c1ccco1. The molecular formula is C20H19FN4O2. The number of pyridine rings is 1. The standard InChI is InChI=1S/C20H19FN4O2/c21-15-3-5-16(6-4-15)24-9-11-25(12-10-24)17-7-8-19(22-14-17)23-20(26)18-2-1-13-27-18/h1-8,13-14H,9-12H2,(H,22,23,26). The molecule has 6 nitrogen and oxygen atoms in total. The van der Waals surface area contributed by atoms with Crippen LogP contribution in [0.4, 0.5) is 21.6 Å². The van der Waals surface area contributed by atoms with Crippen LogP contribution < -0.4 is 15.1 Å². The number of carbonyl (C=O) groups is 1. The number of amides is 1. The maximum atomic E-state index is 13.1. The molecule has 7 heteroatoms. The Labute approximate surface area is 156 Å². The van der Waals surface area contributed by atoms with E-state index in [4.69, 9.17) is 4.42 Å². The fraction of sp³-hybridized carbons (Fsp3) is 0.200. The zero-order chi connectivity index (χ0) is 18.6. The zero-order valence-electron chi connectivity index (χ0n) is 14.6. The van der Waals surface area contributed by atoms with E-state index >= 15 is 0 Å². The van der Waals surface area contributed by atoms with Crippen molar-refractivity contribution in [3.63, 3.8) is 0 Å². The summed E-state index contributed by atoms with van der Waals surface area (Å²) in [7, 11) is 0. The van der Waals surface area contributed by atoms with Gasteiger partial charge in [-0.1, -0.05) is 0 Å². The van der Waals surface area contributed by atoms with Gasteiger partial charge in [0.1, 0.15) is 11.6 Å². The van der Waals surface area contributed by atoms with Crippen molar-refractivity contribution in [2.24, 2.45) is 0 Å². The zero-order valence-corrected chi connectivity index (χ0v) is 14.6. The van der Waals surface area contributed by atoms with E-state index in [0.717, 1.165) is 37.6 Å². The number of aromatic nitrogens is 1. The third-order valence-electron chi connectivity index (χ3n) is 4.57. The molecule has 1 fully saturated rings. The topological polar surface area (TPSA) is 61.6 Å². The lowest BCUT2D eigenvalue weighted by Gasteiger charge is -2.37. The maximum absolute atomic E-state index is 13.1. The van der Waals surface area contributed by atoms with Gasteiger partial charge in [0.15, 0.2) is 5.76 Å². The van der Waals surface area contributed by atoms with Crippen molar-refractivity contribution in [2.75, 3.05) is 41.3 Å². The molecule has 0 radical (unpaired) electrons. The molecule has 4 rings (SSSR count). The minimum Gasteiger partial charge on any atom is -0.459 e. The highest BCUT2D eigenvalue weighted by molar-refractivity contribution is 6.01. The lowest BCUT2D eigenvalue weighted by atomic mass is 10.2. The molecule has 0 aliphatic carbocycles. The smallest absolute Gasteiger partial charge is 0.292 e. The van der Waals surface area contributed by atoms with Crippen LogP contribution in [0.1, 0.15) is 10.6 Å². The Hall–Kier alpha value is -3.35. The Balaban J connectivity index is 1.34. The van der Waals surface area contributed by atoms with Crippen LogP contribution >= 0.6 is 0 Å². The summed E-state index contributed by atoms with van der Waals surface area (Å²) in [6.45, 7) is 3.39. The van der Waals surface area contributed by atoms with E-state index in [1.165, 1.54) is 18.4 Å². The van der Waals surface area contributed by atoms with E-state index in [-0.39, 0.29) is 17.5 Å². The van der Waals surface area contributed by atoms with E-state index in [2.05, 4.69) is 20.1 Å². The van der Waals surface area contributed by atoms with Crippen LogP contribution in [0, 0.1) is 5.82 Å². The number of hydrogen-bond donors (Lipinski definition) is 1. The molecule has 1 aliphatic rings. The van der Waals surface area contributed by atoms with Crippen LogP contribution in [0.25, 0.3) is 0 Å². The van der Waals surface area contributed by atoms with Crippen molar-refractivity contribution in [1.29, 1.82) is 0 Å². The number of furan rings is 1. The molecule has 3 heterocycles. The summed E-state index contributed by atoms with van der Waals surface area (Å²) in [6.07, 6.45) is 3.21. The minimum atomic E-state index is -0.326. The Bertz CT molecular complexity index is 887. The molecule has 2 aromatic heterocycles. The highest BCUT2D eigenvalue weighted by Gasteiger charge is 2.18. The van der Waals surface area contributed by atoms with Crippen LogP contribution in [0.3, 0.4) is 0 Å². The summed E-state index contributed by atoms with van der Waals surface area (Å²) in [4.78, 5) is 20.8. The van der Waals surface area contributed by atoms with Crippen molar-refractivity contribution in [2.45, 2.75) is 0 Å². The van der Waals surface area contributed by atoms with Crippen molar-refractivity contribution >= 4 is 23.1 Å². The predicted molar refractivity (Wildman–Crippen MR) is 102 cm³/mol. The van der Waals surface area contributed by atoms with Gasteiger partial charge in [-0.2, -0.15) is 0 Å². The third kappa shape index (κ3) is 3.92. The summed E-state index contributed by atoms with van der Waals surface area (Å²) < 4.78 is 18.1. The van der Waals surface area contributed by atoms with Gasteiger partial charge < -0.3 is 19.5 Å². The molecule has 0 unspecified atom stereocenters. The Kier molecular flexibility index (Phi) is 4.74. The number of carbonyl (C=O) groups excluding carboxylic acids is 1. The number of nitrogens with zero attached hydrogens (tertiary/aromatic N) is 3. The van der Waals surface area contributed by atoms with E-state index in [9.17, 15) is 9.18 Å². The van der Waals surface area contributed by atoms with E-state index in [0.29, 0.717) is 5.82 Å². The van der Waals surface area contributed by atoms with Crippen LogP contribution in [-0.4, -0.2) is 37.1 Å². The second kappa shape index (κ2) is 7.49. The van der Waals surface area contributed by atoms with Gasteiger partial charge in [0, 0.05) is 31.9 Å². The number of hydrogen-bond acceptors (Lipinski definition) is 5. The molecule has 138 valence electrons. The molecule has 1 saturated heterocycles. The van der Waals surface area contributed by atoms with Crippen LogP contribution in [0.15, 0.2) is 65.4 Å². The maximum Gasteiger partial charge on any atom is 0.292 e. The molecule has 1 aliphatic heterocycles. The molecule has 0 bridgehead atoms. The molecule has 1 N–H and O–H groups in total. The van der Waals surface area contributed by atoms with Gasteiger partial charge in [-0.15, -0.1) is 0 Å². The first kappa shape index (κ1) is 17.1. The fourth-order valence-electron chi connectivity index (χ4n) is 3.11. The first-order chi connectivity index (χ1) is 13.2. The Morgan fingerprint density at radius 1 is 0.963 bits per heavy atom. The van der Waals surface area contributed by atoms with E-state index in [1.54, 1.807) is 24.4 Å². The van der Waals surface area contributed by atoms with Gasteiger partial charge in [-0.25, -0.2) is 9.37 Å². The van der Waals surface area contributed by atoms with Gasteiger partial charge >= 0.3 is 0 Å². The van der Waals surface area contributed by atoms with Gasteiger partial charge in [0.25, 0.3) is 5.91 Å². The number of halogens is 1. The predicted octanol–water partition coefficient (Wildman–Crippen LogP) is 3.39. The summed E-state index contributed by atoms with van der Waals surface area (Å²) in [5, 5.41) is 2.71. The van der Waals surface area contributed by atoms with Gasteiger partial charge in [0.05, 0.1) is 18.1 Å². The largest absolute Gasteiger partial charge is 0.459 e. The first-order valence-corrected chi connectivity index (χ1v) is 8.75. The minimum absolute atomic E-state index is 0.220. The normalized spacial score (nSPS) is 14.3. The monoisotopic (exact) mass is 366 g/mol. The fourth-order valence-corrected chi connectivity index (χ4v) is 3.11. The van der Waals surface area contributed by atoms with Crippen LogP contribution in [0.2, 0.25) is 0 Å². The number of benzene rings is 1. The summed E-state index contributed by atoms with van der Waals surface area (Å²) in [6, 6.07) is 13.6. The molecule has 0 spiro atoms. The summed E-state index contributed by atoms with van der Waals surface area (Å²) in [5.41, 5.74) is 2.04. The van der Waals surface area contributed by atoms with Gasteiger partial charge in [0.2, 0.25) is 0 Å². The Morgan fingerprint density at radius 3 is 2.22 bits per heavy atom. The number of anilines is 3. The molecule has 0 atom stereocenters. The first-order valence-electron chi connectivity index (χ1n) is 8.75. The van der Waals surface area contributed by atoms with Crippen molar-refractivity contribution in [3.8, 4) is 0 Å². The van der Waals surface area contributed by atoms with Crippen molar-refractivity contribution in [1.82, 2.24) is 4.98 Å². The average Bonchev–Trinajstić information content (AvgIpc) is 3.24. The lowest BCUT2D eigenvalue weighted by molar-refractivity contribution is 0.0996. The third-order valence-corrected chi connectivity index (χ3v) is 4.57. The highest BCUT2D eigenvalue weighted by Crippen LogP contribution is 2.21. The molecule has 27 heavy (non-hydrogen) atoms. The van der Waals surface area contributed by atoms with Crippen LogP contribution in [0.5, 0.6) is 0 Å².